The summed E-state index contributed by atoms with van der Waals surface area (Å²) in [5.41, 5.74) is 0.901. The third-order valence-electron chi connectivity index (χ3n) is 5.12. The number of fused-ring (bicyclic) bond motifs is 1. The van der Waals surface area contributed by atoms with Crippen molar-refractivity contribution >= 4 is 16.7 Å². The summed E-state index contributed by atoms with van der Waals surface area (Å²) in [6.45, 7) is 3.79. The van der Waals surface area contributed by atoms with Gasteiger partial charge >= 0.3 is 0 Å². The van der Waals surface area contributed by atoms with Crippen LogP contribution in [0.4, 0.5) is 5.82 Å². The molecule has 7 heteroatoms. The Balaban J connectivity index is 1.36. The van der Waals surface area contributed by atoms with E-state index in [1.54, 1.807) is 12.4 Å². The number of hydrogen-bond acceptors (Lipinski definition) is 7. The van der Waals surface area contributed by atoms with Crippen molar-refractivity contribution < 1.29 is 4.42 Å². The van der Waals surface area contributed by atoms with Crippen molar-refractivity contribution in [2.45, 2.75) is 44.4 Å². The quantitative estimate of drug-likeness (QED) is 0.727. The number of aryl methyl sites for hydroxylation is 1. The highest BCUT2D eigenvalue weighted by atomic mass is 16.4. The molecular weight excluding hydrogens is 316 g/mol. The number of anilines is 1. The van der Waals surface area contributed by atoms with Crippen molar-refractivity contribution in [3.8, 4) is 0 Å². The number of aromatic nitrogens is 5. The predicted octanol–water partition coefficient (Wildman–Crippen LogP) is 2.98. The molecule has 25 heavy (non-hydrogen) atoms. The first-order valence-electron chi connectivity index (χ1n) is 8.94. The second kappa shape index (κ2) is 5.75. The molecule has 2 fully saturated rings. The summed E-state index contributed by atoms with van der Waals surface area (Å²) < 4.78 is 5.90. The Morgan fingerprint density at radius 2 is 1.72 bits per heavy atom. The van der Waals surface area contributed by atoms with Gasteiger partial charge in [0.2, 0.25) is 11.8 Å². The lowest BCUT2D eigenvalue weighted by Crippen LogP contribution is -2.34. The third kappa shape index (κ3) is 2.73. The van der Waals surface area contributed by atoms with E-state index in [2.05, 4.69) is 25.1 Å². The number of rotatable bonds is 3. The Hall–Kier alpha value is -2.57. The normalized spacial score (nSPS) is 18.8. The molecule has 0 unspecified atom stereocenters. The van der Waals surface area contributed by atoms with Gasteiger partial charge in [0.05, 0.1) is 11.7 Å². The molecule has 0 aromatic carbocycles. The fraction of sp³-hybridized carbons (Fsp3) is 0.500. The van der Waals surface area contributed by atoms with Gasteiger partial charge in [-0.2, -0.15) is 0 Å². The molecule has 0 amide bonds. The van der Waals surface area contributed by atoms with E-state index in [4.69, 9.17) is 9.40 Å². The van der Waals surface area contributed by atoms with Gasteiger partial charge in [-0.05, 0) is 38.7 Å². The summed E-state index contributed by atoms with van der Waals surface area (Å²) in [5, 5.41) is 9.58. The number of piperidine rings is 1. The summed E-state index contributed by atoms with van der Waals surface area (Å²) in [4.78, 5) is 15.7. The summed E-state index contributed by atoms with van der Waals surface area (Å²) >= 11 is 0. The van der Waals surface area contributed by atoms with Crippen LogP contribution in [0.1, 0.15) is 55.1 Å². The van der Waals surface area contributed by atoms with Crippen LogP contribution in [-0.4, -0.2) is 38.2 Å². The van der Waals surface area contributed by atoms with Gasteiger partial charge in [0.25, 0.3) is 0 Å². The van der Waals surface area contributed by atoms with Gasteiger partial charge < -0.3 is 9.32 Å². The van der Waals surface area contributed by atoms with E-state index in [1.165, 1.54) is 12.8 Å². The van der Waals surface area contributed by atoms with Gasteiger partial charge in [0, 0.05) is 36.5 Å². The zero-order chi connectivity index (χ0) is 16.8. The predicted molar refractivity (Wildman–Crippen MR) is 92.5 cm³/mol. The fourth-order valence-corrected chi connectivity index (χ4v) is 3.56. The average molecular weight is 336 g/mol. The highest BCUT2D eigenvalue weighted by Gasteiger charge is 2.32. The largest absolute Gasteiger partial charge is 0.425 e. The first kappa shape index (κ1) is 14.7. The molecule has 1 aliphatic carbocycles. The van der Waals surface area contributed by atoms with Crippen molar-refractivity contribution in [1.29, 1.82) is 0 Å². The molecule has 7 nitrogen and oxygen atoms in total. The first-order chi connectivity index (χ1) is 12.3. The molecule has 4 heterocycles. The maximum Gasteiger partial charge on any atom is 0.219 e. The van der Waals surface area contributed by atoms with Crippen molar-refractivity contribution in [2.75, 3.05) is 18.0 Å². The van der Waals surface area contributed by atoms with Gasteiger partial charge in [-0.15, -0.1) is 10.2 Å². The average Bonchev–Trinajstić information content (AvgIpc) is 3.38. The zero-order valence-corrected chi connectivity index (χ0v) is 14.2. The highest BCUT2D eigenvalue weighted by molar-refractivity contribution is 5.88. The minimum atomic E-state index is 0.354. The molecule has 0 radical (unpaired) electrons. The van der Waals surface area contributed by atoms with Crippen LogP contribution in [0.3, 0.4) is 0 Å². The molecule has 0 bridgehead atoms. The maximum atomic E-state index is 5.90. The smallest absolute Gasteiger partial charge is 0.219 e. The molecule has 3 aromatic heterocycles. The lowest BCUT2D eigenvalue weighted by Gasteiger charge is -2.32. The molecule has 2 aliphatic rings. The minimum Gasteiger partial charge on any atom is -0.425 e. The highest BCUT2D eigenvalue weighted by Crippen LogP contribution is 2.40. The van der Waals surface area contributed by atoms with Crippen LogP contribution in [0.25, 0.3) is 10.9 Å². The van der Waals surface area contributed by atoms with E-state index < -0.39 is 0 Å². The van der Waals surface area contributed by atoms with E-state index in [-0.39, 0.29) is 0 Å². The SMILES string of the molecule is Cc1nc(N2CCC(c3nnc(C4CC4)o3)CC2)c2ccncc2n1. The van der Waals surface area contributed by atoms with Gasteiger partial charge in [0.15, 0.2) is 0 Å². The minimum absolute atomic E-state index is 0.354. The summed E-state index contributed by atoms with van der Waals surface area (Å²) in [7, 11) is 0. The molecule has 1 aliphatic heterocycles. The van der Waals surface area contributed by atoms with Crippen molar-refractivity contribution in [3.05, 3.63) is 36.1 Å². The molecule has 0 N–H and O–H groups in total. The Bertz CT molecular complexity index is 911. The second-order valence-corrected chi connectivity index (χ2v) is 7.00. The molecule has 0 spiro atoms. The van der Waals surface area contributed by atoms with E-state index in [9.17, 15) is 0 Å². The molecule has 1 saturated heterocycles. The summed E-state index contributed by atoms with van der Waals surface area (Å²) in [6.07, 6.45) is 7.99. The van der Waals surface area contributed by atoms with Gasteiger partial charge in [-0.1, -0.05) is 0 Å². The maximum absolute atomic E-state index is 5.90. The van der Waals surface area contributed by atoms with Crippen LogP contribution in [0.15, 0.2) is 22.9 Å². The van der Waals surface area contributed by atoms with Gasteiger partial charge in [0.1, 0.15) is 11.6 Å². The molecule has 0 atom stereocenters. The second-order valence-electron chi connectivity index (χ2n) is 7.00. The van der Waals surface area contributed by atoms with Crippen molar-refractivity contribution in [2.24, 2.45) is 0 Å². The Morgan fingerprint density at radius 1 is 1.00 bits per heavy atom. The van der Waals surface area contributed by atoms with Crippen LogP contribution in [0.2, 0.25) is 0 Å². The zero-order valence-electron chi connectivity index (χ0n) is 14.2. The number of pyridine rings is 1. The Kier molecular flexibility index (Phi) is 3.39. The van der Waals surface area contributed by atoms with E-state index >= 15 is 0 Å². The van der Waals surface area contributed by atoms with Crippen LogP contribution in [0, 0.1) is 6.92 Å². The summed E-state index contributed by atoms with van der Waals surface area (Å²) in [5.74, 6) is 4.31. The monoisotopic (exact) mass is 336 g/mol. The first-order valence-corrected chi connectivity index (χ1v) is 8.94. The molecule has 128 valence electrons. The van der Waals surface area contributed by atoms with Crippen LogP contribution in [0.5, 0.6) is 0 Å². The summed E-state index contributed by atoms with van der Waals surface area (Å²) in [6, 6.07) is 2.00. The fourth-order valence-electron chi connectivity index (χ4n) is 3.56. The molecule has 1 saturated carbocycles. The van der Waals surface area contributed by atoms with E-state index in [1.807, 2.05) is 13.0 Å². The van der Waals surface area contributed by atoms with Gasteiger partial charge in [-0.25, -0.2) is 9.97 Å². The lowest BCUT2D eigenvalue weighted by atomic mass is 9.96. The van der Waals surface area contributed by atoms with E-state index in [0.29, 0.717) is 11.8 Å². The Labute approximate surface area is 145 Å². The third-order valence-corrected chi connectivity index (χ3v) is 5.12. The van der Waals surface area contributed by atoms with Crippen LogP contribution in [-0.2, 0) is 0 Å². The number of hydrogen-bond donors (Lipinski definition) is 0. The molecule has 5 rings (SSSR count). The molecule has 3 aromatic rings. The lowest BCUT2D eigenvalue weighted by molar-refractivity contribution is 0.375. The van der Waals surface area contributed by atoms with E-state index in [0.717, 1.165) is 60.3 Å². The standard InChI is InChI=1S/C18H20N6O/c1-11-20-15-10-19-7-4-14(15)16(21-11)24-8-5-13(6-9-24)18-23-22-17(25-18)12-2-3-12/h4,7,10,12-13H,2-3,5-6,8-9H2,1H3. The van der Waals surface area contributed by atoms with Crippen molar-refractivity contribution in [1.82, 2.24) is 25.1 Å². The topological polar surface area (TPSA) is 80.8 Å². The Morgan fingerprint density at radius 3 is 2.44 bits per heavy atom. The van der Waals surface area contributed by atoms with Crippen LogP contribution >= 0.6 is 0 Å². The van der Waals surface area contributed by atoms with Gasteiger partial charge in [-0.3, -0.25) is 4.98 Å². The van der Waals surface area contributed by atoms with Crippen molar-refractivity contribution in [3.63, 3.8) is 0 Å². The van der Waals surface area contributed by atoms with Crippen LogP contribution < -0.4 is 4.90 Å². The molecular formula is C18H20N6O. The number of nitrogens with zero attached hydrogens (tertiary/aromatic N) is 6.